The summed E-state index contributed by atoms with van der Waals surface area (Å²) in [4.78, 5) is 0. The fraction of sp³-hybridized carbons (Fsp3) is 0.538. The van der Waals surface area contributed by atoms with Crippen LogP contribution in [0.4, 0.5) is 0 Å². The second-order valence-corrected chi connectivity index (χ2v) is 4.20. The van der Waals surface area contributed by atoms with Gasteiger partial charge >= 0.3 is 0 Å². The zero-order chi connectivity index (χ0) is 12.7. The molecule has 1 aromatic carbocycles. The average molecular weight is 258 g/mol. The maximum absolute atomic E-state index is 5.60. The summed E-state index contributed by atoms with van der Waals surface area (Å²) in [5, 5.41) is 3.26. The van der Waals surface area contributed by atoms with Gasteiger partial charge in [0, 0.05) is 12.4 Å². The first-order valence-electron chi connectivity index (χ1n) is 5.71. The van der Waals surface area contributed by atoms with Crippen molar-refractivity contribution in [2.24, 2.45) is 0 Å². The van der Waals surface area contributed by atoms with E-state index in [1.54, 1.807) is 14.2 Å². The van der Waals surface area contributed by atoms with Gasteiger partial charge in [0.1, 0.15) is 11.5 Å². The van der Waals surface area contributed by atoms with Crippen LogP contribution in [0.3, 0.4) is 0 Å². The Labute approximate surface area is 108 Å². The van der Waals surface area contributed by atoms with E-state index in [4.69, 9.17) is 21.1 Å². The lowest BCUT2D eigenvalue weighted by molar-refractivity contribution is 0.396. The molecule has 17 heavy (non-hydrogen) atoms. The van der Waals surface area contributed by atoms with Crippen LogP contribution in [0.1, 0.15) is 11.1 Å². The van der Waals surface area contributed by atoms with E-state index in [0.717, 1.165) is 42.1 Å². The van der Waals surface area contributed by atoms with E-state index in [2.05, 4.69) is 5.32 Å². The van der Waals surface area contributed by atoms with Crippen molar-refractivity contribution in [3.8, 4) is 11.5 Å². The monoisotopic (exact) mass is 257 g/mol. The zero-order valence-corrected chi connectivity index (χ0v) is 11.4. The molecule has 0 saturated carbocycles. The lowest BCUT2D eigenvalue weighted by atomic mass is 10.1. The second-order valence-electron chi connectivity index (χ2n) is 3.82. The van der Waals surface area contributed by atoms with Gasteiger partial charge in [0.25, 0.3) is 0 Å². The molecule has 0 aromatic heterocycles. The highest BCUT2D eigenvalue weighted by molar-refractivity contribution is 6.18. The molecule has 0 heterocycles. The molecule has 0 aliphatic carbocycles. The molecule has 0 unspecified atom stereocenters. The van der Waals surface area contributed by atoms with Gasteiger partial charge in [-0.25, -0.2) is 0 Å². The molecule has 3 nitrogen and oxygen atoms in total. The molecule has 0 spiro atoms. The lowest BCUT2D eigenvalue weighted by Gasteiger charge is -2.13. The molecule has 0 radical (unpaired) electrons. The molecule has 0 atom stereocenters. The van der Waals surface area contributed by atoms with Gasteiger partial charge in [-0.1, -0.05) is 0 Å². The fourth-order valence-corrected chi connectivity index (χ4v) is 1.86. The normalized spacial score (nSPS) is 10.4. The number of ether oxygens (including phenoxy) is 2. The summed E-state index contributed by atoms with van der Waals surface area (Å²) in [6, 6.07) is 4.05. The Morgan fingerprint density at radius 1 is 1.12 bits per heavy atom. The van der Waals surface area contributed by atoms with Gasteiger partial charge in [0.15, 0.2) is 0 Å². The van der Waals surface area contributed by atoms with Crippen LogP contribution >= 0.6 is 11.6 Å². The highest BCUT2D eigenvalue weighted by Gasteiger charge is 2.08. The third kappa shape index (κ3) is 4.10. The van der Waals surface area contributed by atoms with Crippen molar-refractivity contribution in [1.82, 2.24) is 5.32 Å². The third-order valence-corrected chi connectivity index (χ3v) is 2.83. The highest BCUT2D eigenvalue weighted by atomic mass is 35.5. The van der Waals surface area contributed by atoms with Crippen molar-refractivity contribution in [3.05, 3.63) is 23.3 Å². The predicted octanol–water partition coefficient (Wildman–Crippen LogP) is 2.38. The van der Waals surface area contributed by atoms with Crippen LogP contribution in [0.5, 0.6) is 11.5 Å². The Bertz CT molecular complexity index is 356. The van der Waals surface area contributed by atoms with Gasteiger partial charge in [-0.2, -0.15) is 0 Å². The van der Waals surface area contributed by atoms with E-state index in [9.17, 15) is 0 Å². The molecular formula is C13H20ClNO2. The number of hydrogen-bond acceptors (Lipinski definition) is 3. The molecule has 0 saturated heterocycles. The van der Waals surface area contributed by atoms with Crippen LogP contribution < -0.4 is 14.8 Å². The SMILES string of the molecule is COc1cc(CCNCCCl)c(OC)cc1C. The van der Waals surface area contributed by atoms with E-state index in [1.165, 1.54) is 0 Å². The minimum absolute atomic E-state index is 0.633. The third-order valence-electron chi connectivity index (χ3n) is 2.64. The Balaban J connectivity index is 2.74. The molecule has 4 heteroatoms. The zero-order valence-electron chi connectivity index (χ0n) is 10.7. The van der Waals surface area contributed by atoms with Gasteiger partial charge in [0.2, 0.25) is 0 Å². The molecule has 0 aliphatic rings. The van der Waals surface area contributed by atoms with Crippen LogP contribution in [0.2, 0.25) is 0 Å². The smallest absolute Gasteiger partial charge is 0.122 e. The molecule has 96 valence electrons. The average Bonchev–Trinajstić information content (AvgIpc) is 2.35. The summed E-state index contributed by atoms with van der Waals surface area (Å²) in [6.45, 7) is 3.72. The fourth-order valence-electron chi connectivity index (χ4n) is 1.72. The predicted molar refractivity (Wildman–Crippen MR) is 71.6 cm³/mol. The number of halogens is 1. The molecule has 0 amide bonds. The van der Waals surface area contributed by atoms with Crippen molar-refractivity contribution < 1.29 is 9.47 Å². The topological polar surface area (TPSA) is 30.5 Å². The molecule has 1 aromatic rings. The number of alkyl halides is 1. The molecular weight excluding hydrogens is 238 g/mol. The largest absolute Gasteiger partial charge is 0.496 e. The van der Waals surface area contributed by atoms with Crippen LogP contribution in [-0.2, 0) is 6.42 Å². The number of aryl methyl sites for hydroxylation is 1. The van der Waals surface area contributed by atoms with E-state index >= 15 is 0 Å². The summed E-state index contributed by atoms with van der Waals surface area (Å²) >= 11 is 5.60. The summed E-state index contributed by atoms with van der Waals surface area (Å²) in [5.74, 6) is 2.45. The summed E-state index contributed by atoms with van der Waals surface area (Å²) in [7, 11) is 3.38. The summed E-state index contributed by atoms with van der Waals surface area (Å²) in [5.41, 5.74) is 2.24. The number of rotatable bonds is 7. The van der Waals surface area contributed by atoms with E-state index in [0.29, 0.717) is 5.88 Å². The number of nitrogens with one attached hydrogen (secondary N) is 1. The highest BCUT2D eigenvalue weighted by Crippen LogP contribution is 2.28. The number of benzene rings is 1. The Morgan fingerprint density at radius 3 is 2.41 bits per heavy atom. The maximum atomic E-state index is 5.60. The number of hydrogen-bond donors (Lipinski definition) is 1. The molecule has 0 fully saturated rings. The molecule has 1 N–H and O–H groups in total. The Kier molecular flexibility index (Phi) is 6.16. The quantitative estimate of drug-likeness (QED) is 0.601. The van der Waals surface area contributed by atoms with Crippen molar-refractivity contribution in [2.45, 2.75) is 13.3 Å². The van der Waals surface area contributed by atoms with Gasteiger partial charge in [-0.15, -0.1) is 11.6 Å². The summed E-state index contributed by atoms with van der Waals surface area (Å²) < 4.78 is 10.7. The van der Waals surface area contributed by atoms with Gasteiger partial charge in [-0.3, -0.25) is 0 Å². The number of methoxy groups -OCH3 is 2. The standard InChI is InChI=1S/C13H20ClNO2/c1-10-8-13(17-3)11(9-12(10)16-2)4-6-15-7-5-14/h8-9,15H,4-7H2,1-3H3. The van der Waals surface area contributed by atoms with Crippen molar-refractivity contribution in [1.29, 1.82) is 0 Å². The second kappa shape index (κ2) is 7.41. The van der Waals surface area contributed by atoms with Gasteiger partial charge < -0.3 is 14.8 Å². The maximum Gasteiger partial charge on any atom is 0.122 e. The minimum atomic E-state index is 0.633. The first kappa shape index (κ1) is 14.1. The first-order valence-corrected chi connectivity index (χ1v) is 6.24. The Hall–Kier alpha value is -0.930. The van der Waals surface area contributed by atoms with Gasteiger partial charge in [0.05, 0.1) is 14.2 Å². The van der Waals surface area contributed by atoms with E-state index in [-0.39, 0.29) is 0 Å². The van der Waals surface area contributed by atoms with Gasteiger partial charge in [-0.05, 0) is 43.1 Å². The van der Waals surface area contributed by atoms with Crippen molar-refractivity contribution in [2.75, 3.05) is 33.2 Å². The first-order chi connectivity index (χ1) is 8.22. The van der Waals surface area contributed by atoms with Crippen LogP contribution in [0.25, 0.3) is 0 Å². The summed E-state index contributed by atoms with van der Waals surface area (Å²) in [6.07, 6.45) is 0.900. The molecule has 1 rings (SSSR count). The van der Waals surface area contributed by atoms with Crippen LogP contribution in [0, 0.1) is 6.92 Å². The minimum Gasteiger partial charge on any atom is -0.496 e. The van der Waals surface area contributed by atoms with Crippen molar-refractivity contribution >= 4 is 11.6 Å². The van der Waals surface area contributed by atoms with Crippen molar-refractivity contribution in [3.63, 3.8) is 0 Å². The lowest BCUT2D eigenvalue weighted by Crippen LogP contribution is -2.19. The van der Waals surface area contributed by atoms with Crippen LogP contribution in [-0.4, -0.2) is 33.2 Å². The van der Waals surface area contributed by atoms with E-state index < -0.39 is 0 Å². The van der Waals surface area contributed by atoms with Crippen LogP contribution in [0.15, 0.2) is 12.1 Å². The Morgan fingerprint density at radius 2 is 1.82 bits per heavy atom. The molecule has 0 aliphatic heterocycles. The van der Waals surface area contributed by atoms with E-state index in [1.807, 2.05) is 19.1 Å². The molecule has 0 bridgehead atoms.